The largest absolute Gasteiger partial charge is 0.368 e. The molecule has 0 aromatic rings. The number of nitrogens with one attached hydrogen (secondary N) is 1. The van der Waals surface area contributed by atoms with Gasteiger partial charge in [0.15, 0.2) is 6.29 Å². The average molecular weight is 145 g/mol. The molecule has 1 aliphatic heterocycles. The van der Waals surface area contributed by atoms with Crippen molar-refractivity contribution in [1.82, 2.24) is 5.32 Å². The first-order valence-electron chi connectivity index (χ1n) is 3.75. The molecule has 0 aromatic carbocycles. The van der Waals surface area contributed by atoms with Gasteiger partial charge in [-0.1, -0.05) is 0 Å². The van der Waals surface area contributed by atoms with Crippen LogP contribution in [0.1, 0.15) is 19.8 Å². The lowest BCUT2D eigenvalue weighted by molar-refractivity contribution is -0.166. The third-order valence-electron chi connectivity index (χ3n) is 2.03. The molecule has 0 bridgehead atoms. The Morgan fingerprint density at radius 2 is 2.20 bits per heavy atom. The van der Waals surface area contributed by atoms with E-state index in [-0.39, 0.29) is 6.10 Å². The van der Waals surface area contributed by atoms with Crippen molar-refractivity contribution >= 4 is 0 Å². The highest BCUT2D eigenvalue weighted by Gasteiger charge is 2.24. The Balaban J connectivity index is 2.36. The van der Waals surface area contributed by atoms with Gasteiger partial charge in [0.05, 0.1) is 6.10 Å². The van der Waals surface area contributed by atoms with Crippen molar-refractivity contribution < 1.29 is 9.84 Å². The summed E-state index contributed by atoms with van der Waals surface area (Å²) in [5.41, 5.74) is 0. The quantitative estimate of drug-likeness (QED) is 0.549. The van der Waals surface area contributed by atoms with Crippen LogP contribution in [0.4, 0.5) is 0 Å². The van der Waals surface area contributed by atoms with E-state index < -0.39 is 6.29 Å². The molecule has 3 nitrogen and oxygen atoms in total. The van der Waals surface area contributed by atoms with Crippen molar-refractivity contribution in [2.45, 2.75) is 38.2 Å². The maximum absolute atomic E-state index is 9.04. The third kappa shape index (κ3) is 1.68. The number of likely N-dealkylation sites (N-methyl/N-ethyl adjacent to an activating group) is 1. The molecule has 0 saturated carbocycles. The fraction of sp³-hybridized carbons (Fsp3) is 1.00. The maximum atomic E-state index is 9.04. The van der Waals surface area contributed by atoms with Crippen molar-refractivity contribution in [3.05, 3.63) is 0 Å². The van der Waals surface area contributed by atoms with Crippen LogP contribution >= 0.6 is 0 Å². The minimum atomic E-state index is -0.542. The zero-order valence-electron chi connectivity index (χ0n) is 6.50. The van der Waals surface area contributed by atoms with Crippen molar-refractivity contribution in [3.63, 3.8) is 0 Å². The first-order chi connectivity index (χ1) is 4.74. The van der Waals surface area contributed by atoms with Crippen LogP contribution in [-0.2, 0) is 4.74 Å². The molecule has 1 aliphatic rings. The molecule has 1 rings (SSSR count). The van der Waals surface area contributed by atoms with E-state index in [2.05, 4.69) is 5.32 Å². The van der Waals surface area contributed by atoms with Gasteiger partial charge in [-0.15, -0.1) is 0 Å². The molecule has 1 heterocycles. The minimum Gasteiger partial charge on any atom is -0.368 e. The van der Waals surface area contributed by atoms with Crippen LogP contribution in [-0.4, -0.2) is 30.6 Å². The second kappa shape index (κ2) is 3.32. The van der Waals surface area contributed by atoms with E-state index in [1.54, 1.807) is 0 Å². The lowest BCUT2D eigenvalue weighted by Crippen LogP contribution is -2.44. The van der Waals surface area contributed by atoms with E-state index in [4.69, 9.17) is 9.84 Å². The average Bonchev–Trinajstić information content (AvgIpc) is 1.88. The molecule has 0 amide bonds. The Hall–Kier alpha value is -0.120. The van der Waals surface area contributed by atoms with E-state index in [0.717, 1.165) is 12.8 Å². The summed E-state index contributed by atoms with van der Waals surface area (Å²) < 4.78 is 5.18. The Morgan fingerprint density at radius 3 is 2.70 bits per heavy atom. The van der Waals surface area contributed by atoms with Crippen LogP contribution in [0.5, 0.6) is 0 Å². The lowest BCUT2D eigenvalue weighted by Gasteiger charge is -2.31. The molecule has 0 aliphatic carbocycles. The fourth-order valence-corrected chi connectivity index (χ4v) is 1.35. The molecule has 1 unspecified atom stereocenters. The molecule has 3 heteroatoms. The van der Waals surface area contributed by atoms with E-state index in [1.807, 2.05) is 14.0 Å². The van der Waals surface area contributed by atoms with E-state index in [0.29, 0.717) is 6.04 Å². The molecule has 2 N–H and O–H groups in total. The highest BCUT2D eigenvalue weighted by Crippen LogP contribution is 2.16. The molecular weight excluding hydrogens is 130 g/mol. The smallest absolute Gasteiger partial charge is 0.155 e. The summed E-state index contributed by atoms with van der Waals surface area (Å²) in [6, 6.07) is 0.406. The van der Waals surface area contributed by atoms with Gasteiger partial charge in [-0.05, 0) is 26.8 Å². The van der Waals surface area contributed by atoms with Gasteiger partial charge in [0, 0.05) is 6.04 Å². The van der Waals surface area contributed by atoms with Crippen LogP contribution in [0.25, 0.3) is 0 Å². The number of aliphatic hydroxyl groups is 1. The zero-order chi connectivity index (χ0) is 7.56. The predicted octanol–water partition coefficient (Wildman–Crippen LogP) is 0.0917. The lowest BCUT2D eigenvalue weighted by atomic mass is 10.0. The van der Waals surface area contributed by atoms with Crippen LogP contribution in [0.3, 0.4) is 0 Å². The molecule has 0 radical (unpaired) electrons. The highest BCUT2D eigenvalue weighted by molar-refractivity contribution is 4.76. The van der Waals surface area contributed by atoms with Gasteiger partial charge >= 0.3 is 0 Å². The summed E-state index contributed by atoms with van der Waals surface area (Å²) in [6.45, 7) is 1.98. The van der Waals surface area contributed by atoms with Gasteiger partial charge in [-0.3, -0.25) is 0 Å². The standard InChI is InChI=1S/C7H15NO2/c1-5-6(8-2)3-4-7(9)10-5/h5-9H,3-4H2,1-2H3/t5?,6-,7+/m0/s1. The second-order valence-corrected chi connectivity index (χ2v) is 2.77. The van der Waals surface area contributed by atoms with Crippen molar-refractivity contribution in [1.29, 1.82) is 0 Å². The first-order valence-corrected chi connectivity index (χ1v) is 3.75. The molecule has 60 valence electrons. The van der Waals surface area contributed by atoms with Crippen molar-refractivity contribution in [2.75, 3.05) is 7.05 Å². The Morgan fingerprint density at radius 1 is 1.50 bits per heavy atom. The van der Waals surface area contributed by atoms with E-state index >= 15 is 0 Å². The van der Waals surface area contributed by atoms with Crippen molar-refractivity contribution in [3.8, 4) is 0 Å². The SMILES string of the molecule is CN[C@H]1CC[C@H](O)OC1C. The van der Waals surface area contributed by atoms with Crippen molar-refractivity contribution in [2.24, 2.45) is 0 Å². The number of aliphatic hydroxyl groups excluding tert-OH is 1. The van der Waals surface area contributed by atoms with Crippen LogP contribution in [0.2, 0.25) is 0 Å². The third-order valence-corrected chi connectivity index (χ3v) is 2.03. The molecule has 10 heavy (non-hydrogen) atoms. The number of hydrogen-bond donors (Lipinski definition) is 2. The highest BCUT2D eigenvalue weighted by atomic mass is 16.6. The molecular formula is C7H15NO2. The topological polar surface area (TPSA) is 41.5 Å². The maximum Gasteiger partial charge on any atom is 0.155 e. The fourth-order valence-electron chi connectivity index (χ4n) is 1.35. The predicted molar refractivity (Wildman–Crippen MR) is 38.6 cm³/mol. The summed E-state index contributed by atoms with van der Waals surface area (Å²) >= 11 is 0. The van der Waals surface area contributed by atoms with Crippen LogP contribution < -0.4 is 5.32 Å². The van der Waals surface area contributed by atoms with E-state index in [1.165, 1.54) is 0 Å². The number of rotatable bonds is 1. The summed E-state index contributed by atoms with van der Waals surface area (Å²) in [5, 5.41) is 12.2. The van der Waals surface area contributed by atoms with Gasteiger partial charge in [0.25, 0.3) is 0 Å². The number of ether oxygens (including phenoxy) is 1. The van der Waals surface area contributed by atoms with E-state index in [9.17, 15) is 0 Å². The summed E-state index contributed by atoms with van der Waals surface area (Å²) in [5.74, 6) is 0. The minimum absolute atomic E-state index is 0.133. The Kier molecular flexibility index (Phi) is 2.65. The van der Waals surface area contributed by atoms with Crippen LogP contribution in [0, 0.1) is 0 Å². The molecule has 0 aromatic heterocycles. The first kappa shape index (κ1) is 7.98. The molecule has 1 fully saturated rings. The van der Waals surface area contributed by atoms with Gasteiger partial charge < -0.3 is 15.2 Å². The van der Waals surface area contributed by atoms with Gasteiger partial charge in [0.1, 0.15) is 0 Å². The molecule has 0 spiro atoms. The van der Waals surface area contributed by atoms with Gasteiger partial charge in [-0.25, -0.2) is 0 Å². The number of hydrogen-bond acceptors (Lipinski definition) is 3. The monoisotopic (exact) mass is 145 g/mol. The second-order valence-electron chi connectivity index (χ2n) is 2.77. The Bertz CT molecular complexity index is 108. The molecule has 1 saturated heterocycles. The summed E-state index contributed by atoms with van der Waals surface area (Å²) in [7, 11) is 1.92. The summed E-state index contributed by atoms with van der Waals surface area (Å²) in [6.07, 6.45) is 1.34. The Labute approximate surface area is 61.4 Å². The van der Waals surface area contributed by atoms with Gasteiger partial charge in [0.2, 0.25) is 0 Å². The normalized spacial score (nSPS) is 41.7. The van der Waals surface area contributed by atoms with Gasteiger partial charge in [-0.2, -0.15) is 0 Å². The zero-order valence-corrected chi connectivity index (χ0v) is 6.50. The molecule has 3 atom stereocenters. The summed E-state index contributed by atoms with van der Waals surface area (Å²) in [4.78, 5) is 0. The van der Waals surface area contributed by atoms with Crippen LogP contribution in [0.15, 0.2) is 0 Å².